The van der Waals surface area contributed by atoms with E-state index in [0.29, 0.717) is 0 Å². The Hall–Kier alpha value is 0.454. The van der Waals surface area contributed by atoms with Crippen molar-refractivity contribution in [1.29, 1.82) is 0 Å². The van der Waals surface area contributed by atoms with E-state index in [-0.39, 0.29) is 21.7 Å². The van der Waals surface area contributed by atoms with E-state index in [4.69, 9.17) is 0 Å². The Labute approximate surface area is 142 Å². The first kappa shape index (κ1) is 19.5. The molecule has 0 saturated heterocycles. The molecule has 0 spiro atoms. The summed E-state index contributed by atoms with van der Waals surface area (Å²) in [5.74, 6) is 0. The fourth-order valence-electron chi connectivity index (χ4n) is 2.31. The van der Waals surface area contributed by atoms with E-state index >= 15 is 0 Å². The minimum Gasteiger partial charge on any atom is 2.00 e. The van der Waals surface area contributed by atoms with Gasteiger partial charge in [-0.3, -0.25) is 0 Å². The Morgan fingerprint density at radius 1 is 0.632 bits per heavy atom. The van der Waals surface area contributed by atoms with Gasteiger partial charge in [0, 0.05) is 0 Å². The van der Waals surface area contributed by atoms with Crippen LogP contribution in [0.4, 0.5) is 0 Å². The van der Waals surface area contributed by atoms with E-state index in [1.807, 2.05) is 0 Å². The van der Waals surface area contributed by atoms with Crippen LogP contribution in [0.25, 0.3) is 0 Å². The molecule has 0 atom stereocenters. The van der Waals surface area contributed by atoms with Crippen molar-refractivity contribution < 1.29 is 21.7 Å². The summed E-state index contributed by atoms with van der Waals surface area (Å²) in [5.41, 5.74) is 1.31. The minimum atomic E-state index is 0. The zero-order valence-corrected chi connectivity index (χ0v) is 15.6. The summed E-state index contributed by atoms with van der Waals surface area (Å²) < 4.78 is 1.20. The van der Waals surface area contributed by atoms with E-state index in [2.05, 4.69) is 47.2 Å². The predicted octanol–water partition coefficient (Wildman–Crippen LogP) is 4.69. The summed E-state index contributed by atoms with van der Waals surface area (Å²) >= 11 is 2.93. The van der Waals surface area contributed by atoms with E-state index in [1.54, 1.807) is 0 Å². The number of hydrogen-bond acceptors (Lipinski definition) is 0. The summed E-state index contributed by atoms with van der Waals surface area (Å²) in [6.45, 7) is 2.08. The van der Waals surface area contributed by atoms with Crippen LogP contribution in [0.2, 0.25) is 0 Å². The smallest absolute Gasteiger partial charge is 2.00 e. The maximum absolute atomic E-state index is 2.93. The first-order chi connectivity index (χ1) is 8.79. The Balaban J connectivity index is 0.000000259. The van der Waals surface area contributed by atoms with Crippen LogP contribution in [0.15, 0.2) is 24.3 Å². The number of aryl methyl sites for hydroxylation is 1. The molecule has 2 fully saturated rings. The van der Waals surface area contributed by atoms with Gasteiger partial charge in [-0.1, -0.05) is 64.2 Å². The van der Waals surface area contributed by atoms with Gasteiger partial charge in [0.1, 0.15) is 0 Å². The molecule has 0 heterocycles. The average molecular weight is 358 g/mol. The molecular formula is C17H27SeTi+2. The second-order valence-corrected chi connectivity index (χ2v) is 6.34. The van der Waals surface area contributed by atoms with Gasteiger partial charge in [-0.15, -0.1) is 0 Å². The molecule has 0 amide bonds. The second kappa shape index (κ2) is 13.4. The normalized spacial score (nSPS) is 16.5. The summed E-state index contributed by atoms with van der Waals surface area (Å²) in [4.78, 5) is 0. The predicted molar refractivity (Wildman–Crippen MR) is 82.7 cm³/mol. The number of rotatable bonds is 0. The van der Waals surface area contributed by atoms with Gasteiger partial charge in [0.05, 0.1) is 0 Å². The van der Waals surface area contributed by atoms with Crippen LogP contribution in [-0.4, -0.2) is 16.0 Å². The standard InChI is InChI=1S/C7H7Se.2C5H10.Ti/c1-6-2-4-7(8)5-3-6;2*1-2-4-5-3-1;/h2-5H,1H3;2*1-5H2;/q;;;+2. The zero-order valence-electron chi connectivity index (χ0n) is 12.3. The van der Waals surface area contributed by atoms with Crippen LogP contribution in [-0.2, 0) is 21.7 Å². The molecule has 2 aliphatic carbocycles. The fourth-order valence-corrected chi connectivity index (χ4v) is 2.59. The van der Waals surface area contributed by atoms with Crippen LogP contribution < -0.4 is 4.46 Å². The molecular weight excluding hydrogens is 331 g/mol. The van der Waals surface area contributed by atoms with Crippen molar-refractivity contribution in [3.8, 4) is 0 Å². The molecule has 1 aromatic rings. The second-order valence-electron chi connectivity index (χ2n) is 5.35. The molecule has 0 bridgehead atoms. The van der Waals surface area contributed by atoms with E-state index < -0.39 is 0 Å². The molecule has 1 radical (unpaired) electrons. The molecule has 0 nitrogen and oxygen atoms in total. The van der Waals surface area contributed by atoms with Crippen molar-refractivity contribution >= 4 is 20.5 Å². The summed E-state index contributed by atoms with van der Waals surface area (Å²) in [7, 11) is 0. The zero-order chi connectivity index (χ0) is 13.1. The van der Waals surface area contributed by atoms with Gasteiger partial charge in [0.2, 0.25) is 0 Å². The van der Waals surface area contributed by atoms with E-state index in [9.17, 15) is 0 Å². The average Bonchev–Trinajstić information content (AvgIpc) is 3.11. The molecule has 2 saturated carbocycles. The van der Waals surface area contributed by atoms with E-state index in [0.717, 1.165) is 0 Å². The van der Waals surface area contributed by atoms with Crippen molar-refractivity contribution in [1.82, 2.24) is 0 Å². The molecule has 3 rings (SSSR count). The van der Waals surface area contributed by atoms with Gasteiger partial charge in [0.25, 0.3) is 0 Å². The molecule has 2 heteroatoms. The monoisotopic (exact) mass is 359 g/mol. The van der Waals surface area contributed by atoms with Gasteiger partial charge in [-0.25, -0.2) is 0 Å². The van der Waals surface area contributed by atoms with Gasteiger partial charge in [-0.05, 0) is 0 Å². The Morgan fingerprint density at radius 2 is 0.895 bits per heavy atom. The summed E-state index contributed by atoms with van der Waals surface area (Å²) in [6, 6.07) is 8.31. The van der Waals surface area contributed by atoms with Crippen molar-refractivity contribution in [3.05, 3.63) is 29.8 Å². The maximum atomic E-state index is 2.93. The Kier molecular flexibility index (Phi) is 13.8. The Morgan fingerprint density at radius 3 is 1.11 bits per heavy atom. The fraction of sp³-hybridized carbons (Fsp3) is 0.647. The van der Waals surface area contributed by atoms with Crippen LogP contribution >= 0.6 is 0 Å². The first-order valence-corrected chi connectivity index (χ1v) is 8.38. The van der Waals surface area contributed by atoms with Gasteiger partial charge in [0.15, 0.2) is 0 Å². The molecule has 19 heavy (non-hydrogen) atoms. The first-order valence-electron chi connectivity index (χ1n) is 7.53. The maximum Gasteiger partial charge on any atom is 2.00 e. The van der Waals surface area contributed by atoms with Crippen molar-refractivity contribution in [3.63, 3.8) is 0 Å². The van der Waals surface area contributed by atoms with E-state index in [1.165, 1.54) is 74.2 Å². The van der Waals surface area contributed by atoms with Gasteiger partial charge in [-0.2, -0.15) is 0 Å². The third-order valence-corrected chi connectivity index (χ3v) is 4.09. The van der Waals surface area contributed by atoms with Crippen LogP contribution in [0.1, 0.15) is 69.8 Å². The largest absolute Gasteiger partial charge is 2.00 e. The number of hydrogen-bond donors (Lipinski definition) is 0. The molecule has 103 valence electrons. The quantitative estimate of drug-likeness (QED) is 0.591. The molecule has 2 aliphatic rings. The van der Waals surface area contributed by atoms with Crippen molar-refractivity contribution in [2.24, 2.45) is 0 Å². The summed E-state index contributed by atoms with van der Waals surface area (Å²) in [5, 5.41) is 0. The third-order valence-electron chi connectivity index (χ3n) is 3.52. The third kappa shape index (κ3) is 11.9. The SMILES string of the molecule is C1CCCC1.C1CCCC1.Cc1ccc([Se])cc1.[Ti+2]. The van der Waals surface area contributed by atoms with Crippen LogP contribution in [0.5, 0.6) is 0 Å². The van der Waals surface area contributed by atoms with Crippen LogP contribution in [0.3, 0.4) is 0 Å². The summed E-state index contributed by atoms with van der Waals surface area (Å²) in [6.07, 6.45) is 15.0. The minimum absolute atomic E-state index is 0. The molecule has 0 N–H and O–H groups in total. The van der Waals surface area contributed by atoms with Crippen molar-refractivity contribution in [2.75, 3.05) is 0 Å². The van der Waals surface area contributed by atoms with Crippen LogP contribution in [0, 0.1) is 6.92 Å². The van der Waals surface area contributed by atoms with Gasteiger partial charge >= 0.3 is 78.9 Å². The molecule has 0 aliphatic heterocycles. The Bertz CT molecular complexity index is 240. The number of benzene rings is 1. The van der Waals surface area contributed by atoms with Crippen molar-refractivity contribution in [2.45, 2.75) is 71.1 Å². The molecule has 0 aromatic heterocycles. The topological polar surface area (TPSA) is 0 Å². The molecule has 0 unspecified atom stereocenters. The van der Waals surface area contributed by atoms with Gasteiger partial charge < -0.3 is 0 Å². The molecule has 1 aromatic carbocycles.